The van der Waals surface area contributed by atoms with Crippen molar-refractivity contribution in [3.63, 3.8) is 0 Å². The van der Waals surface area contributed by atoms with Gasteiger partial charge < -0.3 is 5.32 Å². The molecule has 0 saturated carbocycles. The van der Waals surface area contributed by atoms with E-state index in [1.54, 1.807) is 0 Å². The van der Waals surface area contributed by atoms with Gasteiger partial charge in [-0.25, -0.2) is 13.4 Å². The summed E-state index contributed by atoms with van der Waals surface area (Å²) in [4.78, 5) is 4.07. The third-order valence-electron chi connectivity index (χ3n) is 2.13. The molecule has 0 spiro atoms. The van der Waals surface area contributed by atoms with E-state index in [1.807, 2.05) is 19.2 Å². The molecule has 1 heterocycles. The zero-order valence-electron chi connectivity index (χ0n) is 10.2. The molecule has 0 aliphatic heterocycles. The van der Waals surface area contributed by atoms with Crippen molar-refractivity contribution >= 4 is 26.5 Å². The molecular formula is C10H19N3O2S2. The van der Waals surface area contributed by atoms with E-state index in [-0.39, 0.29) is 5.75 Å². The first-order valence-electron chi connectivity index (χ1n) is 5.67. The second-order valence-corrected chi connectivity index (χ2v) is 6.48. The van der Waals surface area contributed by atoms with Gasteiger partial charge in [-0.15, -0.1) is 11.3 Å². The van der Waals surface area contributed by atoms with Crippen LogP contribution < -0.4 is 10.0 Å². The maximum Gasteiger partial charge on any atom is 0.234 e. The van der Waals surface area contributed by atoms with Crippen molar-refractivity contribution in [2.75, 3.05) is 23.6 Å². The summed E-state index contributed by atoms with van der Waals surface area (Å²) in [6.07, 6.45) is 1.53. The monoisotopic (exact) mass is 277 g/mol. The number of anilines is 1. The molecule has 1 aromatic heterocycles. The highest BCUT2D eigenvalue weighted by Crippen LogP contribution is 2.16. The number of sulfonamides is 1. The Kier molecular flexibility index (Phi) is 5.87. The highest BCUT2D eigenvalue weighted by Gasteiger charge is 2.11. The number of rotatable bonds is 8. The number of thiazole rings is 1. The maximum absolute atomic E-state index is 11.7. The van der Waals surface area contributed by atoms with Crippen molar-refractivity contribution in [1.82, 2.24) is 10.3 Å². The minimum Gasteiger partial charge on any atom is -0.317 e. The minimum absolute atomic E-state index is 0.150. The summed E-state index contributed by atoms with van der Waals surface area (Å²) in [5.41, 5.74) is 0.833. The summed E-state index contributed by atoms with van der Waals surface area (Å²) in [7, 11) is -3.24. The standard InChI is InChI=1S/C10H19N3O2S2/c1-3-11-6-4-5-7-17(14,15)13-10-12-9(2)8-16-10/h8,11H,3-7H2,1-2H3,(H,12,13). The molecule has 0 atom stereocenters. The second kappa shape index (κ2) is 6.93. The topological polar surface area (TPSA) is 71.1 Å². The molecule has 1 aromatic rings. The van der Waals surface area contributed by atoms with E-state index in [0.29, 0.717) is 11.6 Å². The Bertz CT molecular complexity index is 429. The fourth-order valence-electron chi connectivity index (χ4n) is 1.30. The van der Waals surface area contributed by atoms with Gasteiger partial charge in [-0.2, -0.15) is 0 Å². The molecule has 0 fully saturated rings. The van der Waals surface area contributed by atoms with E-state index in [0.717, 1.165) is 25.2 Å². The van der Waals surface area contributed by atoms with Gasteiger partial charge in [-0.1, -0.05) is 6.92 Å². The number of nitrogens with zero attached hydrogens (tertiary/aromatic N) is 1. The average molecular weight is 277 g/mol. The fraction of sp³-hybridized carbons (Fsp3) is 0.700. The lowest BCUT2D eigenvalue weighted by Crippen LogP contribution is -2.19. The van der Waals surface area contributed by atoms with Crippen LogP contribution >= 0.6 is 11.3 Å². The van der Waals surface area contributed by atoms with E-state index in [9.17, 15) is 8.42 Å². The molecule has 0 amide bonds. The minimum atomic E-state index is -3.24. The average Bonchev–Trinajstić information content (AvgIpc) is 2.62. The smallest absolute Gasteiger partial charge is 0.234 e. The van der Waals surface area contributed by atoms with Crippen LogP contribution in [0.5, 0.6) is 0 Å². The van der Waals surface area contributed by atoms with Crippen LogP contribution in [0.25, 0.3) is 0 Å². The van der Waals surface area contributed by atoms with Crippen LogP contribution in [-0.4, -0.2) is 32.2 Å². The number of unbranched alkanes of at least 4 members (excludes halogenated alkanes) is 1. The Morgan fingerprint density at radius 2 is 2.18 bits per heavy atom. The molecule has 5 nitrogen and oxygen atoms in total. The fourth-order valence-corrected chi connectivity index (χ4v) is 3.41. The first kappa shape index (κ1) is 14.4. The van der Waals surface area contributed by atoms with Gasteiger partial charge >= 0.3 is 0 Å². The van der Waals surface area contributed by atoms with Gasteiger partial charge in [0.2, 0.25) is 10.0 Å². The van der Waals surface area contributed by atoms with Crippen LogP contribution in [0.1, 0.15) is 25.5 Å². The van der Waals surface area contributed by atoms with Gasteiger partial charge in [0.25, 0.3) is 0 Å². The molecule has 0 aliphatic carbocycles. The molecule has 1 rings (SSSR count). The molecule has 2 N–H and O–H groups in total. The largest absolute Gasteiger partial charge is 0.317 e. The molecule has 0 aromatic carbocycles. The van der Waals surface area contributed by atoms with E-state index in [4.69, 9.17) is 0 Å². The predicted octanol–water partition coefficient (Wildman–Crippen LogP) is 1.58. The lowest BCUT2D eigenvalue weighted by molar-refractivity contribution is 0.593. The Morgan fingerprint density at radius 3 is 2.76 bits per heavy atom. The molecule has 0 radical (unpaired) electrons. The van der Waals surface area contributed by atoms with E-state index in [1.165, 1.54) is 11.3 Å². The molecule has 98 valence electrons. The van der Waals surface area contributed by atoms with E-state index < -0.39 is 10.0 Å². The zero-order chi connectivity index (χ0) is 12.7. The van der Waals surface area contributed by atoms with E-state index >= 15 is 0 Å². The van der Waals surface area contributed by atoms with Crippen molar-refractivity contribution in [2.24, 2.45) is 0 Å². The Balaban J connectivity index is 2.31. The summed E-state index contributed by atoms with van der Waals surface area (Å²) in [5, 5.41) is 5.44. The van der Waals surface area contributed by atoms with Crippen molar-refractivity contribution in [3.8, 4) is 0 Å². The lowest BCUT2D eigenvalue weighted by Gasteiger charge is -2.05. The summed E-state index contributed by atoms with van der Waals surface area (Å²) >= 11 is 1.31. The molecular weight excluding hydrogens is 258 g/mol. The first-order chi connectivity index (χ1) is 8.03. The summed E-state index contributed by atoms with van der Waals surface area (Å²) in [6, 6.07) is 0. The highest BCUT2D eigenvalue weighted by atomic mass is 32.2. The second-order valence-electron chi connectivity index (χ2n) is 3.78. The van der Waals surface area contributed by atoms with Gasteiger partial charge in [-0.3, -0.25) is 4.72 Å². The third kappa shape index (κ3) is 5.99. The summed E-state index contributed by atoms with van der Waals surface area (Å²) < 4.78 is 25.8. The molecule has 0 bridgehead atoms. The normalized spacial score (nSPS) is 11.6. The van der Waals surface area contributed by atoms with Crippen LogP contribution in [0.3, 0.4) is 0 Å². The van der Waals surface area contributed by atoms with Gasteiger partial charge in [0.1, 0.15) is 0 Å². The van der Waals surface area contributed by atoms with Crippen molar-refractivity contribution in [3.05, 3.63) is 11.1 Å². The SMILES string of the molecule is CCNCCCCS(=O)(=O)Nc1nc(C)cs1. The van der Waals surface area contributed by atoms with Crippen LogP contribution in [0, 0.1) is 6.92 Å². The van der Waals surface area contributed by atoms with Crippen molar-refractivity contribution < 1.29 is 8.42 Å². The van der Waals surface area contributed by atoms with Crippen molar-refractivity contribution in [2.45, 2.75) is 26.7 Å². The molecule has 0 aliphatic rings. The summed E-state index contributed by atoms with van der Waals surface area (Å²) in [5.74, 6) is 0.150. The number of hydrogen-bond donors (Lipinski definition) is 2. The highest BCUT2D eigenvalue weighted by molar-refractivity contribution is 7.92. The lowest BCUT2D eigenvalue weighted by atomic mass is 10.3. The van der Waals surface area contributed by atoms with Crippen LogP contribution in [0.2, 0.25) is 0 Å². The first-order valence-corrected chi connectivity index (χ1v) is 8.20. The summed E-state index contributed by atoms with van der Waals surface area (Å²) in [6.45, 7) is 5.65. The van der Waals surface area contributed by atoms with Crippen LogP contribution in [0.15, 0.2) is 5.38 Å². The number of hydrogen-bond acceptors (Lipinski definition) is 5. The van der Waals surface area contributed by atoms with Crippen LogP contribution in [-0.2, 0) is 10.0 Å². The molecule has 0 unspecified atom stereocenters. The quantitative estimate of drug-likeness (QED) is 0.708. The zero-order valence-corrected chi connectivity index (χ0v) is 11.8. The Labute approximate surface area is 107 Å². The van der Waals surface area contributed by atoms with Crippen molar-refractivity contribution in [1.29, 1.82) is 0 Å². The van der Waals surface area contributed by atoms with E-state index in [2.05, 4.69) is 15.0 Å². The Morgan fingerprint density at radius 1 is 1.41 bits per heavy atom. The van der Waals surface area contributed by atoms with Gasteiger partial charge in [0.05, 0.1) is 11.4 Å². The number of nitrogens with one attached hydrogen (secondary N) is 2. The van der Waals surface area contributed by atoms with Gasteiger partial charge in [-0.05, 0) is 32.9 Å². The Hall–Kier alpha value is -0.660. The number of aromatic nitrogens is 1. The molecule has 7 heteroatoms. The molecule has 17 heavy (non-hydrogen) atoms. The number of aryl methyl sites for hydroxylation is 1. The third-order valence-corrected chi connectivity index (χ3v) is 4.46. The van der Waals surface area contributed by atoms with Gasteiger partial charge in [0, 0.05) is 5.38 Å². The maximum atomic E-state index is 11.7. The van der Waals surface area contributed by atoms with Crippen LogP contribution in [0.4, 0.5) is 5.13 Å². The molecule has 0 saturated heterocycles. The van der Waals surface area contributed by atoms with Gasteiger partial charge in [0.15, 0.2) is 5.13 Å². The predicted molar refractivity (Wildman–Crippen MR) is 72.0 cm³/mol.